The first-order valence-electron chi connectivity index (χ1n) is 25.5. The van der Waals surface area contributed by atoms with Gasteiger partial charge in [-0.25, -0.2) is 19.6 Å². The maximum absolute atomic E-state index is 12.4. The number of nitrogens with two attached hydrogens (primary N) is 1. The molecule has 14 heteroatoms. The van der Waals surface area contributed by atoms with Crippen LogP contribution in [0.3, 0.4) is 0 Å². The smallest absolute Gasteiger partial charge is 0.337 e. The van der Waals surface area contributed by atoms with Gasteiger partial charge in [0.1, 0.15) is 0 Å². The van der Waals surface area contributed by atoms with Crippen molar-refractivity contribution in [3.63, 3.8) is 0 Å². The number of benzene rings is 5. The lowest BCUT2D eigenvalue weighted by Crippen LogP contribution is -2.36. The van der Waals surface area contributed by atoms with Crippen LogP contribution >= 0.6 is 0 Å². The number of hydrogen-bond acceptors (Lipinski definition) is 12. The van der Waals surface area contributed by atoms with E-state index in [0.717, 1.165) is 106 Å². The number of methoxy groups -OCH3 is 1. The van der Waals surface area contributed by atoms with E-state index < -0.39 is 5.97 Å². The fourth-order valence-corrected chi connectivity index (χ4v) is 8.44. The zero-order valence-electron chi connectivity index (χ0n) is 43.5. The van der Waals surface area contributed by atoms with Crippen LogP contribution in [0.4, 0.5) is 10.5 Å². The second-order valence-corrected chi connectivity index (χ2v) is 20.0. The molecule has 0 saturated heterocycles. The Morgan fingerprint density at radius 1 is 0.547 bits per heavy atom. The third kappa shape index (κ3) is 15.2. The monoisotopic (exact) mass is 1010 g/mol. The van der Waals surface area contributed by atoms with Crippen LogP contribution in [-0.2, 0) is 4.74 Å². The molecule has 2 aromatic heterocycles. The van der Waals surface area contributed by atoms with E-state index in [4.69, 9.17) is 48.9 Å². The number of anilines is 1. The first-order valence-corrected chi connectivity index (χ1v) is 25.5. The summed E-state index contributed by atoms with van der Waals surface area (Å²) in [5.41, 5.74) is 14.8. The van der Waals surface area contributed by atoms with Crippen molar-refractivity contribution in [1.29, 1.82) is 0 Å². The Hall–Kier alpha value is -8.10. The van der Waals surface area contributed by atoms with Crippen molar-refractivity contribution in [2.45, 2.75) is 66.2 Å². The number of carbonyl (C=O) groups is 2. The van der Waals surface area contributed by atoms with E-state index in [9.17, 15) is 9.59 Å². The molecule has 0 unspecified atom stereocenters. The van der Waals surface area contributed by atoms with Gasteiger partial charge in [-0.05, 0) is 133 Å². The van der Waals surface area contributed by atoms with Crippen molar-refractivity contribution < 1.29 is 42.7 Å². The molecule has 2 aliphatic heterocycles. The van der Waals surface area contributed by atoms with Gasteiger partial charge < -0.3 is 49.5 Å². The van der Waals surface area contributed by atoms with E-state index in [1.165, 1.54) is 7.11 Å². The summed E-state index contributed by atoms with van der Waals surface area (Å²) in [6, 6.07) is 46.6. The molecule has 0 aliphatic carbocycles. The molecule has 390 valence electrons. The number of amides is 2. The molecule has 7 aromatic rings. The van der Waals surface area contributed by atoms with Crippen molar-refractivity contribution in [3.8, 4) is 79.5 Å². The Morgan fingerprint density at radius 3 is 1.79 bits per heavy atom. The van der Waals surface area contributed by atoms with E-state index in [1.54, 1.807) is 24.3 Å². The number of hydrogen-bond donors (Lipinski definition) is 3. The van der Waals surface area contributed by atoms with Gasteiger partial charge in [0.2, 0.25) is 25.3 Å². The number of fused-ring (bicyclic) bond motifs is 2. The predicted molar refractivity (Wildman–Crippen MR) is 293 cm³/mol. The highest BCUT2D eigenvalue weighted by molar-refractivity contribution is 5.94. The van der Waals surface area contributed by atoms with Gasteiger partial charge in [0.15, 0.2) is 23.0 Å². The number of nitrogens with one attached hydrogen (secondary N) is 2. The maximum Gasteiger partial charge on any atom is 0.337 e. The molecule has 14 nitrogen and oxygen atoms in total. The number of esters is 1. The second kappa shape index (κ2) is 25.2. The zero-order valence-corrected chi connectivity index (χ0v) is 43.5. The van der Waals surface area contributed by atoms with E-state index >= 15 is 0 Å². The Balaban J connectivity index is 0.000000211. The fourth-order valence-electron chi connectivity index (χ4n) is 8.44. The molecular formula is C61H67N5O9. The Kier molecular flexibility index (Phi) is 17.9. The van der Waals surface area contributed by atoms with Gasteiger partial charge in [0.05, 0.1) is 37.3 Å². The van der Waals surface area contributed by atoms with Crippen molar-refractivity contribution in [2.75, 3.05) is 52.3 Å². The number of aromatic nitrogens is 2. The largest absolute Gasteiger partial charge is 0.478 e. The zero-order chi connectivity index (χ0) is 52.6. The lowest BCUT2D eigenvalue weighted by atomic mass is 9.87. The minimum absolute atomic E-state index is 0.101. The van der Waals surface area contributed by atoms with Crippen molar-refractivity contribution >= 4 is 17.7 Å². The molecule has 0 atom stereocenters. The third-order valence-electron chi connectivity index (χ3n) is 13.0. The number of ether oxygens (including phenoxy) is 7. The molecule has 0 saturated carbocycles. The minimum Gasteiger partial charge on any atom is -0.478 e. The molecule has 0 fully saturated rings. The van der Waals surface area contributed by atoms with Gasteiger partial charge in [-0.2, -0.15) is 0 Å². The second-order valence-electron chi connectivity index (χ2n) is 20.0. The summed E-state index contributed by atoms with van der Waals surface area (Å²) in [7, 11) is 1.32. The van der Waals surface area contributed by atoms with Crippen LogP contribution in [0.15, 0.2) is 146 Å². The summed E-state index contributed by atoms with van der Waals surface area (Å²) in [6.45, 7) is 11.6. The number of urea groups is 1. The van der Waals surface area contributed by atoms with Crippen LogP contribution in [0.1, 0.15) is 76.6 Å². The predicted octanol–water partition coefficient (Wildman–Crippen LogP) is 13.0. The standard InChI is InChI=1S/C35H37N3O6.C26H30N2O3/c1-35(2,22-36-34(40)37-28-9-6-8-27(20-28)33(39)41-3)18-4-5-19-42-32-11-7-10-29(38-32)25-14-12-24(13-15-25)26-16-17-30-31(21-26)44-23-43-30;1-26(2,17-27)12-6-7-13-29-25-16-21(14-22(28-25)19-8-4-3-5-9-19)20-10-11-23-24(15-20)31-18-30-23/h6-17,20-21H,4-5,18-19,22-23H2,1-3H3,(H2,36,37,40);3-5,8-11,14-16H,6-7,12-13,17-18,27H2,1-2H3. The topological polar surface area (TPSA) is 175 Å². The van der Waals surface area contributed by atoms with Crippen LogP contribution in [0.25, 0.3) is 44.8 Å². The highest BCUT2D eigenvalue weighted by Gasteiger charge is 2.20. The Morgan fingerprint density at radius 2 is 1.12 bits per heavy atom. The van der Waals surface area contributed by atoms with E-state index in [0.29, 0.717) is 49.3 Å². The summed E-state index contributed by atoms with van der Waals surface area (Å²) < 4.78 is 38.7. The Bertz CT molecular complexity index is 3020. The summed E-state index contributed by atoms with van der Waals surface area (Å²) in [6.07, 6.45) is 5.87. The molecule has 0 bridgehead atoms. The number of rotatable bonds is 21. The average Bonchev–Trinajstić information content (AvgIpc) is 4.12. The average molecular weight is 1010 g/mol. The molecule has 2 amide bonds. The van der Waals surface area contributed by atoms with Crippen molar-refractivity contribution in [2.24, 2.45) is 16.6 Å². The fraction of sp³-hybridized carbons (Fsp3) is 0.311. The van der Waals surface area contributed by atoms with E-state index in [-0.39, 0.29) is 30.4 Å². The van der Waals surface area contributed by atoms with Gasteiger partial charge in [0.25, 0.3) is 0 Å². The number of carbonyl (C=O) groups excluding carboxylic acids is 2. The van der Waals surface area contributed by atoms with Crippen LogP contribution in [-0.4, -0.2) is 69.0 Å². The minimum atomic E-state index is -0.452. The van der Waals surface area contributed by atoms with Crippen molar-refractivity contribution in [3.05, 3.63) is 151 Å². The quantitative estimate of drug-likeness (QED) is 0.0460. The van der Waals surface area contributed by atoms with Crippen LogP contribution < -0.4 is 44.8 Å². The summed E-state index contributed by atoms with van der Waals surface area (Å²) >= 11 is 0. The summed E-state index contributed by atoms with van der Waals surface area (Å²) in [5, 5.41) is 5.70. The Labute approximate surface area is 439 Å². The SMILES string of the molecule is CC(C)(CN)CCCCOc1cc(-c2ccc3c(c2)OCO3)cc(-c2ccccc2)n1.COC(=O)c1cccc(NC(=O)NCC(C)(C)CCCCOc2cccc(-c3ccc(-c4ccc5c(c4)OCO5)cc3)n2)c1. The molecule has 5 aromatic carbocycles. The van der Waals surface area contributed by atoms with Crippen LogP contribution in [0, 0.1) is 10.8 Å². The first-order chi connectivity index (χ1) is 36.3. The summed E-state index contributed by atoms with van der Waals surface area (Å²) in [5.74, 6) is 3.85. The van der Waals surface area contributed by atoms with Gasteiger partial charge in [-0.3, -0.25) is 0 Å². The van der Waals surface area contributed by atoms with Gasteiger partial charge in [-0.15, -0.1) is 0 Å². The lowest BCUT2D eigenvalue weighted by Gasteiger charge is -2.25. The number of pyridine rings is 2. The molecular weight excluding hydrogens is 947 g/mol. The number of unbranched alkanes of at least 4 members (excludes halogenated alkanes) is 2. The lowest BCUT2D eigenvalue weighted by molar-refractivity contribution is 0.0600. The van der Waals surface area contributed by atoms with Crippen LogP contribution in [0.2, 0.25) is 0 Å². The van der Waals surface area contributed by atoms with E-state index in [2.05, 4.69) is 80.8 Å². The summed E-state index contributed by atoms with van der Waals surface area (Å²) in [4.78, 5) is 33.6. The molecule has 9 rings (SSSR count). The highest BCUT2D eigenvalue weighted by Crippen LogP contribution is 2.39. The number of nitrogens with zero attached hydrogens (tertiary/aromatic N) is 2. The van der Waals surface area contributed by atoms with Gasteiger partial charge in [-0.1, -0.05) is 107 Å². The van der Waals surface area contributed by atoms with Crippen LogP contribution in [0.5, 0.6) is 34.8 Å². The molecule has 4 N–H and O–H groups in total. The first kappa shape index (κ1) is 53.2. The molecule has 2 aliphatic rings. The molecule has 4 heterocycles. The van der Waals surface area contributed by atoms with Gasteiger partial charge >= 0.3 is 12.0 Å². The maximum atomic E-state index is 12.4. The van der Waals surface area contributed by atoms with Gasteiger partial charge in [0, 0.05) is 35.5 Å². The molecule has 0 spiro atoms. The third-order valence-corrected chi connectivity index (χ3v) is 13.0. The van der Waals surface area contributed by atoms with Crippen molar-refractivity contribution in [1.82, 2.24) is 15.3 Å². The molecule has 75 heavy (non-hydrogen) atoms. The van der Waals surface area contributed by atoms with E-state index in [1.807, 2.05) is 78.9 Å². The normalized spacial score (nSPS) is 12.3. The molecule has 0 radical (unpaired) electrons. The highest BCUT2D eigenvalue weighted by atomic mass is 16.7.